The standard InChI is InChI=1S/C19H29BrO11/c1-10(21)25-9-14-15(27-11(2)22)16(28-12(3)23)17(29-13(4)24)18(30-14)31-19(5,6)26-8-7-20/h14-18H,7-9H2,1-6H3/t14-,15-,16+,17-,18+/m1/s1. The van der Waals surface area contributed by atoms with Gasteiger partial charge in [-0.3, -0.25) is 19.2 Å². The molecular formula is C19H29BrO11. The van der Waals surface area contributed by atoms with Crippen molar-refractivity contribution in [2.24, 2.45) is 0 Å². The van der Waals surface area contributed by atoms with Gasteiger partial charge in [0.2, 0.25) is 6.29 Å². The van der Waals surface area contributed by atoms with Crippen LogP contribution < -0.4 is 0 Å². The molecule has 0 aliphatic carbocycles. The number of halogens is 1. The minimum absolute atomic E-state index is 0.304. The normalized spacial score (nSPS) is 26.0. The highest BCUT2D eigenvalue weighted by atomic mass is 79.9. The summed E-state index contributed by atoms with van der Waals surface area (Å²) in [5, 5.41) is 0.540. The maximum atomic E-state index is 11.8. The van der Waals surface area contributed by atoms with Crippen LogP contribution in [-0.4, -0.2) is 78.9 Å². The zero-order valence-corrected chi connectivity index (χ0v) is 20.0. The van der Waals surface area contributed by atoms with Crippen LogP contribution in [0.1, 0.15) is 41.5 Å². The van der Waals surface area contributed by atoms with Crippen LogP contribution in [0.3, 0.4) is 0 Å². The molecule has 0 bridgehead atoms. The van der Waals surface area contributed by atoms with E-state index in [-0.39, 0.29) is 6.61 Å². The van der Waals surface area contributed by atoms with E-state index in [1.54, 1.807) is 13.8 Å². The fraction of sp³-hybridized carbons (Fsp3) is 0.789. The van der Waals surface area contributed by atoms with E-state index in [2.05, 4.69) is 15.9 Å². The topological polar surface area (TPSA) is 133 Å². The van der Waals surface area contributed by atoms with Crippen LogP contribution in [0.4, 0.5) is 0 Å². The summed E-state index contributed by atoms with van der Waals surface area (Å²) in [6.07, 6.45) is -6.22. The van der Waals surface area contributed by atoms with Gasteiger partial charge in [-0.05, 0) is 13.8 Å². The first-order valence-corrected chi connectivity index (χ1v) is 10.7. The van der Waals surface area contributed by atoms with Gasteiger partial charge < -0.3 is 33.2 Å². The average Bonchev–Trinajstić information content (AvgIpc) is 2.62. The van der Waals surface area contributed by atoms with Crippen LogP contribution in [0.15, 0.2) is 0 Å². The lowest BCUT2D eigenvalue weighted by Gasteiger charge is -2.45. The number of alkyl halides is 1. The third-order valence-electron chi connectivity index (χ3n) is 3.87. The molecule has 0 saturated carbocycles. The molecule has 0 aromatic rings. The molecule has 5 atom stereocenters. The lowest BCUT2D eigenvalue weighted by molar-refractivity contribution is -0.362. The SMILES string of the molecule is CC(=O)OC[C@H]1O[C@@H](OC(C)(C)OCCBr)[C@H](OC(C)=O)[C@@H](OC(C)=O)[C@@H]1OC(C)=O. The van der Waals surface area contributed by atoms with Crippen molar-refractivity contribution in [2.75, 3.05) is 18.5 Å². The smallest absolute Gasteiger partial charge is 0.303 e. The summed E-state index contributed by atoms with van der Waals surface area (Å²) < 4.78 is 38.3. The van der Waals surface area contributed by atoms with Crippen LogP contribution >= 0.6 is 15.9 Å². The van der Waals surface area contributed by atoms with E-state index >= 15 is 0 Å². The van der Waals surface area contributed by atoms with E-state index < -0.39 is 60.4 Å². The lowest BCUT2D eigenvalue weighted by atomic mass is 9.98. The van der Waals surface area contributed by atoms with Crippen molar-refractivity contribution in [3.05, 3.63) is 0 Å². The van der Waals surface area contributed by atoms with E-state index in [0.29, 0.717) is 11.9 Å². The van der Waals surface area contributed by atoms with Crippen LogP contribution in [0.25, 0.3) is 0 Å². The van der Waals surface area contributed by atoms with Crippen LogP contribution in [0.2, 0.25) is 0 Å². The van der Waals surface area contributed by atoms with E-state index in [1.165, 1.54) is 6.92 Å². The van der Waals surface area contributed by atoms with Crippen molar-refractivity contribution in [2.45, 2.75) is 78.0 Å². The van der Waals surface area contributed by atoms with Gasteiger partial charge in [0.25, 0.3) is 0 Å². The second kappa shape index (κ2) is 12.3. The maximum Gasteiger partial charge on any atom is 0.303 e. The number of rotatable bonds is 10. The Kier molecular flexibility index (Phi) is 10.8. The Labute approximate surface area is 189 Å². The quantitative estimate of drug-likeness (QED) is 0.181. The number of carbonyl (C=O) groups excluding carboxylic acids is 4. The molecule has 1 saturated heterocycles. The van der Waals surface area contributed by atoms with Crippen molar-refractivity contribution in [1.29, 1.82) is 0 Å². The van der Waals surface area contributed by atoms with Gasteiger partial charge in [0.05, 0.1) is 6.61 Å². The monoisotopic (exact) mass is 512 g/mol. The summed E-state index contributed by atoms with van der Waals surface area (Å²) in [7, 11) is 0. The van der Waals surface area contributed by atoms with Crippen LogP contribution in [-0.2, 0) is 52.3 Å². The third-order valence-corrected chi connectivity index (χ3v) is 4.20. The average molecular weight is 513 g/mol. The molecule has 0 radical (unpaired) electrons. The van der Waals surface area contributed by atoms with Gasteiger partial charge in [0, 0.05) is 33.0 Å². The Morgan fingerprint density at radius 3 is 1.84 bits per heavy atom. The Hall–Kier alpha value is -1.76. The molecule has 1 heterocycles. The third kappa shape index (κ3) is 9.50. The summed E-state index contributed by atoms with van der Waals surface area (Å²) in [6.45, 7) is 7.84. The minimum Gasteiger partial charge on any atom is -0.463 e. The summed E-state index contributed by atoms with van der Waals surface area (Å²) in [5.74, 6) is -3.94. The van der Waals surface area contributed by atoms with Gasteiger partial charge in [0.15, 0.2) is 24.1 Å². The zero-order valence-electron chi connectivity index (χ0n) is 18.4. The van der Waals surface area contributed by atoms with Crippen molar-refractivity contribution >= 4 is 39.8 Å². The van der Waals surface area contributed by atoms with Crippen molar-refractivity contribution in [1.82, 2.24) is 0 Å². The van der Waals surface area contributed by atoms with Crippen LogP contribution in [0.5, 0.6) is 0 Å². The van der Waals surface area contributed by atoms with Gasteiger partial charge in [0.1, 0.15) is 12.7 Å². The van der Waals surface area contributed by atoms with E-state index in [0.717, 1.165) is 20.8 Å². The molecule has 0 aromatic heterocycles. The number of esters is 4. The van der Waals surface area contributed by atoms with Crippen molar-refractivity contribution in [3.63, 3.8) is 0 Å². The Balaban J connectivity index is 3.34. The largest absolute Gasteiger partial charge is 0.463 e. The van der Waals surface area contributed by atoms with Gasteiger partial charge >= 0.3 is 23.9 Å². The highest BCUT2D eigenvalue weighted by Gasteiger charge is 2.53. The molecular weight excluding hydrogens is 484 g/mol. The van der Waals surface area contributed by atoms with E-state index in [4.69, 9.17) is 33.2 Å². The van der Waals surface area contributed by atoms with Gasteiger partial charge in [-0.1, -0.05) is 15.9 Å². The second-order valence-corrected chi connectivity index (χ2v) is 7.92. The predicted molar refractivity (Wildman–Crippen MR) is 107 cm³/mol. The summed E-state index contributed by atoms with van der Waals surface area (Å²) in [4.78, 5) is 46.6. The van der Waals surface area contributed by atoms with Crippen molar-refractivity contribution < 1.29 is 52.3 Å². The molecule has 0 spiro atoms. The van der Waals surface area contributed by atoms with Gasteiger partial charge in [-0.25, -0.2) is 0 Å². The van der Waals surface area contributed by atoms with Gasteiger partial charge in [-0.15, -0.1) is 0 Å². The van der Waals surface area contributed by atoms with E-state index in [1.807, 2.05) is 0 Å². The highest BCUT2D eigenvalue weighted by Crippen LogP contribution is 2.32. The predicted octanol–water partition coefficient (Wildman–Crippen LogP) is 1.23. The number of hydrogen-bond acceptors (Lipinski definition) is 11. The summed E-state index contributed by atoms with van der Waals surface area (Å²) in [6, 6.07) is 0. The maximum absolute atomic E-state index is 11.8. The fourth-order valence-corrected chi connectivity index (χ4v) is 3.04. The highest BCUT2D eigenvalue weighted by molar-refractivity contribution is 9.09. The number of ether oxygens (including phenoxy) is 7. The molecule has 178 valence electrons. The first-order valence-electron chi connectivity index (χ1n) is 9.54. The molecule has 12 heteroatoms. The molecule has 0 aromatic carbocycles. The molecule has 0 N–H and O–H groups in total. The first-order chi connectivity index (χ1) is 14.4. The van der Waals surface area contributed by atoms with Crippen LogP contribution in [0, 0.1) is 0 Å². The Bertz CT molecular complexity index is 651. The van der Waals surface area contributed by atoms with Crippen molar-refractivity contribution in [3.8, 4) is 0 Å². The molecule has 1 aliphatic rings. The lowest BCUT2D eigenvalue weighted by Crippen LogP contribution is -2.64. The zero-order chi connectivity index (χ0) is 23.8. The van der Waals surface area contributed by atoms with Gasteiger partial charge in [-0.2, -0.15) is 0 Å². The molecule has 1 aliphatic heterocycles. The summed E-state index contributed by atoms with van der Waals surface area (Å²) >= 11 is 3.25. The summed E-state index contributed by atoms with van der Waals surface area (Å²) in [5.41, 5.74) is 0. The molecule has 11 nitrogen and oxygen atoms in total. The number of hydrogen-bond donors (Lipinski definition) is 0. The van der Waals surface area contributed by atoms with E-state index in [9.17, 15) is 19.2 Å². The molecule has 1 rings (SSSR count). The molecule has 0 unspecified atom stereocenters. The fourth-order valence-electron chi connectivity index (χ4n) is 2.88. The Morgan fingerprint density at radius 1 is 0.839 bits per heavy atom. The molecule has 0 amide bonds. The first kappa shape index (κ1) is 27.3. The molecule has 31 heavy (non-hydrogen) atoms. The second-order valence-electron chi connectivity index (χ2n) is 7.12. The molecule has 1 fully saturated rings. The Morgan fingerprint density at radius 2 is 1.35 bits per heavy atom. The number of carbonyl (C=O) groups is 4. The minimum atomic E-state index is -1.30.